The van der Waals surface area contributed by atoms with Gasteiger partial charge >= 0.3 is 39.1 Å². The molecule has 1 aromatic heterocycles. The van der Waals surface area contributed by atoms with Gasteiger partial charge in [0.1, 0.15) is 22.9 Å². The number of halogens is 6. The molecule has 0 atom stereocenters. The van der Waals surface area contributed by atoms with E-state index in [1.807, 2.05) is 39.1 Å². The molecule has 0 radical (unpaired) electrons. The van der Waals surface area contributed by atoms with Gasteiger partial charge < -0.3 is 4.74 Å². The van der Waals surface area contributed by atoms with E-state index in [4.69, 9.17) is 4.74 Å². The van der Waals surface area contributed by atoms with Crippen LogP contribution in [-0.4, -0.2) is 27.8 Å². The van der Waals surface area contributed by atoms with Gasteiger partial charge in [0.2, 0.25) is 0 Å². The Hall–Kier alpha value is -0.890. The number of aromatic nitrogens is 1. The molecule has 3 nitrogen and oxygen atoms in total. The molecule has 1 fully saturated rings. The fourth-order valence-corrected chi connectivity index (χ4v) is 4.46. The second-order valence-corrected chi connectivity index (χ2v) is 10.9. The van der Waals surface area contributed by atoms with E-state index >= 15 is 0 Å². The number of carbonyl (C=O) groups is 1. The quantitative estimate of drug-likeness (QED) is 0.312. The Bertz CT molecular complexity index is 591. The Morgan fingerprint density at radius 3 is 2.08 bits per heavy atom. The summed E-state index contributed by atoms with van der Waals surface area (Å²) in [5.74, 6) is 3.66. The average molecular weight is 413 g/mol. The predicted molar refractivity (Wildman–Crippen MR) is 89.7 cm³/mol. The zero-order valence-electron chi connectivity index (χ0n) is 14.2. The van der Waals surface area contributed by atoms with E-state index in [0.29, 0.717) is 10.9 Å². The van der Waals surface area contributed by atoms with Crippen LogP contribution in [0, 0.1) is 0 Å². The molecule has 0 aliphatic carbocycles. The second kappa shape index (κ2) is 6.68. The van der Waals surface area contributed by atoms with Gasteiger partial charge in [-0.2, -0.15) is 0 Å². The summed E-state index contributed by atoms with van der Waals surface area (Å²) in [4.78, 5) is 12.1. The number of nitrogens with zero attached hydrogens (tertiary/aromatic N) is 1. The van der Waals surface area contributed by atoms with E-state index < -0.39 is 13.4 Å². The van der Waals surface area contributed by atoms with E-state index in [1.54, 1.807) is 4.57 Å². The molecule has 0 saturated carbocycles. The topological polar surface area (TPSA) is 31.2 Å². The summed E-state index contributed by atoms with van der Waals surface area (Å²) in [5.41, 5.74) is 0.656. The molecule has 0 spiro atoms. The molecule has 0 unspecified atom stereocenters. The minimum absolute atomic E-state index is 0.259. The second-order valence-electron chi connectivity index (χ2n) is 6.68. The van der Waals surface area contributed by atoms with E-state index in [2.05, 4.69) is 0 Å². The molecule has 25 heavy (non-hydrogen) atoms. The first kappa shape index (κ1) is 22.2. The summed E-state index contributed by atoms with van der Waals surface area (Å²) in [7, 11) is -10.2. The van der Waals surface area contributed by atoms with Crippen LogP contribution in [0.5, 0.6) is 0 Å². The average Bonchev–Trinajstić information content (AvgIpc) is 2.93. The van der Waals surface area contributed by atoms with Crippen LogP contribution < -0.4 is 0 Å². The molecule has 148 valence electrons. The van der Waals surface area contributed by atoms with Gasteiger partial charge in [-0.15, -0.1) is 0 Å². The van der Waals surface area contributed by atoms with Crippen LogP contribution in [0.25, 0.3) is 0 Å². The van der Waals surface area contributed by atoms with E-state index in [0.717, 1.165) is 11.4 Å². The Labute approximate surface area is 145 Å². The van der Waals surface area contributed by atoms with Crippen LogP contribution in [0.4, 0.5) is 30.0 Å². The summed E-state index contributed by atoms with van der Waals surface area (Å²) in [6.45, 7) is 5.69. The first-order valence-corrected chi connectivity index (χ1v) is 11.3. The van der Waals surface area contributed by atoms with Crippen LogP contribution in [0.1, 0.15) is 39.3 Å². The minimum atomic E-state index is -10.7. The molecule has 0 amide bonds. The van der Waals surface area contributed by atoms with Gasteiger partial charge in [0, 0.05) is 6.20 Å². The Morgan fingerprint density at radius 2 is 1.64 bits per heavy atom. The van der Waals surface area contributed by atoms with Gasteiger partial charge in [-0.25, -0.2) is 4.79 Å². The molecule has 1 aliphatic rings. The van der Waals surface area contributed by atoms with Crippen molar-refractivity contribution in [1.29, 1.82) is 0 Å². The Kier molecular flexibility index (Phi) is 5.92. The zero-order valence-corrected chi connectivity index (χ0v) is 15.9. The van der Waals surface area contributed by atoms with Crippen molar-refractivity contribution >= 4 is 24.8 Å². The number of hydrogen-bond donors (Lipinski definition) is 0. The third-order valence-electron chi connectivity index (χ3n) is 2.89. The van der Waals surface area contributed by atoms with Crippen molar-refractivity contribution in [3.05, 3.63) is 24.0 Å². The number of hydrogen-bond acceptors (Lipinski definition) is 2. The summed E-state index contributed by atoms with van der Waals surface area (Å²) < 4.78 is 66.3. The third-order valence-corrected chi connectivity index (χ3v) is 5.33. The van der Waals surface area contributed by atoms with Crippen LogP contribution in [-0.2, 0) is 21.4 Å². The van der Waals surface area contributed by atoms with Crippen molar-refractivity contribution in [2.24, 2.45) is 0 Å². The molecule has 0 N–H and O–H groups in total. The van der Waals surface area contributed by atoms with Gasteiger partial charge in [-0.3, -0.25) is 4.57 Å². The summed E-state index contributed by atoms with van der Waals surface area (Å²) in [6, 6.07) is 3.97. The van der Waals surface area contributed by atoms with Crippen molar-refractivity contribution in [2.45, 2.75) is 45.0 Å². The van der Waals surface area contributed by atoms with Gasteiger partial charge in [0.15, 0.2) is 0 Å². The number of ether oxygens (including phenoxy) is 1. The molecule has 1 saturated heterocycles. The van der Waals surface area contributed by atoms with Gasteiger partial charge in [-0.1, -0.05) is 0 Å². The van der Waals surface area contributed by atoms with Crippen LogP contribution in [0.2, 0.25) is 0 Å². The monoisotopic (exact) mass is 413 g/mol. The van der Waals surface area contributed by atoms with Crippen molar-refractivity contribution in [3.63, 3.8) is 0 Å². The van der Waals surface area contributed by atoms with Crippen LogP contribution >= 0.6 is 7.81 Å². The SMILES string of the molecule is CC(C)(C)OC(=O)n1cccc1C[S+]1CCCC1.F[P-](F)(F)(F)(F)F. The number of carbonyl (C=O) groups excluding carboxylic acids is 1. The Balaban J connectivity index is 0.000000381. The fourth-order valence-electron chi connectivity index (χ4n) is 2.09. The predicted octanol–water partition coefficient (Wildman–Crippen LogP) is 6.57. The molecule has 0 bridgehead atoms. The van der Waals surface area contributed by atoms with E-state index in [9.17, 15) is 30.0 Å². The van der Waals surface area contributed by atoms with E-state index in [-0.39, 0.29) is 6.09 Å². The van der Waals surface area contributed by atoms with Crippen LogP contribution in [0.15, 0.2) is 18.3 Å². The molecule has 2 rings (SSSR count). The number of rotatable bonds is 2. The summed E-state index contributed by atoms with van der Waals surface area (Å²) in [5, 5.41) is 0. The van der Waals surface area contributed by atoms with Crippen molar-refractivity contribution in [3.8, 4) is 0 Å². The van der Waals surface area contributed by atoms with Gasteiger partial charge in [0.25, 0.3) is 0 Å². The summed E-state index contributed by atoms with van der Waals surface area (Å²) >= 11 is 0. The maximum atomic E-state index is 12.1. The first-order chi connectivity index (χ1) is 10.9. The van der Waals surface area contributed by atoms with Crippen LogP contribution in [0.3, 0.4) is 0 Å². The molecule has 1 aliphatic heterocycles. The zero-order chi connectivity index (χ0) is 19.6. The molecular formula is C14H22F6NO2PS. The van der Waals surface area contributed by atoms with Gasteiger partial charge in [0.05, 0.1) is 5.69 Å². The molecule has 0 aromatic carbocycles. The van der Waals surface area contributed by atoms with Crippen molar-refractivity contribution in [1.82, 2.24) is 4.57 Å². The molecule has 2 heterocycles. The molecule has 1 aromatic rings. The van der Waals surface area contributed by atoms with E-state index in [1.165, 1.54) is 24.3 Å². The first-order valence-electron chi connectivity index (χ1n) is 7.51. The fraction of sp³-hybridized carbons (Fsp3) is 0.643. The van der Waals surface area contributed by atoms with Gasteiger partial charge in [-0.05, 0) is 56.6 Å². The van der Waals surface area contributed by atoms with Crippen molar-refractivity contribution < 1.29 is 34.7 Å². The summed E-state index contributed by atoms with van der Waals surface area (Å²) in [6.07, 6.45) is 4.24. The molecule has 11 heteroatoms. The third kappa shape index (κ3) is 12.2. The standard InChI is InChI=1S/C14H22NO2S.F6P/c1-14(2,3)17-13(16)15-8-6-7-12(15)11-18-9-4-5-10-18;1-7(2,3,4,5)6/h6-8H,4-5,9-11H2,1-3H3;/q+1;-1. The van der Waals surface area contributed by atoms with Crippen molar-refractivity contribution in [2.75, 3.05) is 11.5 Å². The Morgan fingerprint density at radius 1 is 1.16 bits per heavy atom. The molecular weight excluding hydrogens is 391 g/mol. The normalized spacial score (nSPS) is 18.8. The maximum absolute atomic E-state index is 12.1.